The van der Waals surface area contributed by atoms with Crippen LogP contribution in [0.4, 0.5) is 0 Å². The standard InChI is InChI=1S/C7H15N3/c1-10(2)6-7(5-9)3-4-8/h3-5H,6,8-9H2,1-2H3/b4-3-,7-5?. The van der Waals surface area contributed by atoms with E-state index in [-0.39, 0.29) is 0 Å². The summed E-state index contributed by atoms with van der Waals surface area (Å²) < 4.78 is 0. The zero-order chi connectivity index (χ0) is 7.98. The quantitative estimate of drug-likeness (QED) is 0.538. The second-order valence-corrected chi connectivity index (χ2v) is 2.34. The van der Waals surface area contributed by atoms with Gasteiger partial charge in [-0.25, -0.2) is 0 Å². The smallest absolute Gasteiger partial charge is 0.0242 e. The van der Waals surface area contributed by atoms with E-state index in [4.69, 9.17) is 11.5 Å². The van der Waals surface area contributed by atoms with Gasteiger partial charge in [0.25, 0.3) is 0 Å². The first-order chi connectivity index (χ1) is 4.70. The third-order valence-corrected chi connectivity index (χ3v) is 1.02. The molecule has 0 aliphatic heterocycles. The van der Waals surface area contributed by atoms with Crippen molar-refractivity contribution in [2.24, 2.45) is 11.5 Å². The van der Waals surface area contributed by atoms with E-state index in [9.17, 15) is 0 Å². The maximum absolute atomic E-state index is 5.31. The summed E-state index contributed by atoms with van der Waals surface area (Å²) in [5.74, 6) is 0. The van der Waals surface area contributed by atoms with Crippen LogP contribution in [0.1, 0.15) is 0 Å². The van der Waals surface area contributed by atoms with E-state index in [1.807, 2.05) is 19.0 Å². The molecule has 0 fully saturated rings. The molecule has 3 heteroatoms. The van der Waals surface area contributed by atoms with Crippen LogP contribution in [0.2, 0.25) is 0 Å². The van der Waals surface area contributed by atoms with Crippen molar-refractivity contribution >= 4 is 0 Å². The minimum atomic E-state index is 0.824. The van der Waals surface area contributed by atoms with Crippen molar-refractivity contribution in [1.82, 2.24) is 4.90 Å². The Balaban J connectivity index is 3.86. The first-order valence-corrected chi connectivity index (χ1v) is 3.14. The molecule has 0 saturated heterocycles. The van der Waals surface area contributed by atoms with Crippen LogP contribution >= 0.6 is 0 Å². The summed E-state index contributed by atoms with van der Waals surface area (Å²) in [7, 11) is 3.96. The Hall–Kier alpha value is -0.960. The fraction of sp³-hybridized carbons (Fsp3) is 0.429. The average Bonchev–Trinajstić information content (AvgIpc) is 1.86. The Labute approximate surface area is 62.0 Å². The Bertz CT molecular complexity index is 136. The second kappa shape index (κ2) is 4.88. The summed E-state index contributed by atoms with van der Waals surface area (Å²) in [6.45, 7) is 0.824. The molecular weight excluding hydrogens is 126 g/mol. The number of nitrogens with two attached hydrogens (primary N) is 2. The molecule has 0 bridgehead atoms. The van der Waals surface area contributed by atoms with Crippen LogP contribution in [0.15, 0.2) is 24.0 Å². The van der Waals surface area contributed by atoms with Crippen LogP contribution in [-0.2, 0) is 0 Å². The molecule has 0 aliphatic carbocycles. The second-order valence-electron chi connectivity index (χ2n) is 2.34. The molecule has 0 rings (SSSR count). The van der Waals surface area contributed by atoms with Crippen LogP contribution in [0, 0.1) is 0 Å². The molecular formula is C7H15N3. The van der Waals surface area contributed by atoms with Crippen LogP contribution in [0.25, 0.3) is 0 Å². The zero-order valence-electron chi connectivity index (χ0n) is 6.54. The molecule has 0 amide bonds. The summed E-state index contributed by atoms with van der Waals surface area (Å²) in [6.07, 6.45) is 4.84. The summed E-state index contributed by atoms with van der Waals surface area (Å²) in [5.41, 5.74) is 11.5. The molecule has 0 radical (unpaired) electrons. The predicted molar refractivity (Wildman–Crippen MR) is 44.2 cm³/mol. The SMILES string of the molecule is CN(C)CC(=CN)/C=C\N. The molecule has 0 aromatic rings. The van der Waals surface area contributed by atoms with E-state index < -0.39 is 0 Å². The van der Waals surface area contributed by atoms with Crippen LogP contribution in [0.3, 0.4) is 0 Å². The van der Waals surface area contributed by atoms with Gasteiger partial charge in [0.05, 0.1) is 0 Å². The lowest BCUT2D eigenvalue weighted by Gasteiger charge is -2.08. The molecule has 10 heavy (non-hydrogen) atoms. The van der Waals surface area contributed by atoms with Gasteiger partial charge in [0, 0.05) is 6.54 Å². The van der Waals surface area contributed by atoms with Crippen molar-refractivity contribution < 1.29 is 0 Å². The lowest BCUT2D eigenvalue weighted by atomic mass is 10.3. The number of rotatable bonds is 3. The van der Waals surface area contributed by atoms with E-state index in [1.54, 1.807) is 12.3 Å². The highest BCUT2D eigenvalue weighted by molar-refractivity contribution is 5.17. The minimum absolute atomic E-state index is 0.824. The van der Waals surface area contributed by atoms with Gasteiger partial charge in [-0.1, -0.05) is 0 Å². The van der Waals surface area contributed by atoms with Crippen LogP contribution in [-0.4, -0.2) is 25.5 Å². The third-order valence-electron chi connectivity index (χ3n) is 1.02. The molecule has 0 aromatic carbocycles. The average molecular weight is 141 g/mol. The molecule has 4 N–H and O–H groups in total. The number of likely N-dealkylation sites (N-methyl/N-ethyl adjacent to an activating group) is 1. The third kappa shape index (κ3) is 3.97. The van der Waals surface area contributed by atoms with Gasteiger partial charge in [-0.15, -0.1) is 0 Å². The highest BCUT2D eigenvalue weighted by Gasteiger charge is 1.91. The van der Waals surface area contributed by atoms with E-state index in [0.717, 1.165) is 12.1 Å². The van der Waals surface area contributed by atoms with Gasteiger partial charge < -0.3 is 16.4 Å². The van der Waals surface area contributed by atoms with Crippen LogP contribution < -0.4 is 11.5 Å². The minimum Gasteiger partial charge on any atom is -0.405 e. The van der Waals surface area contributed by atoms with Crippen molar-refractivity contribution in [3.8, 4) is 0 Å². The summed E-state index contributed by atoms with van der Waals surface area (Å²) in [6, 6.07) is 0. The Kier molecular flexibility index (Phi) is 4.41. The Morgan fingerprint density at radius 3 is 2.30 bits per heavy atom. The topological polar surface area (TPSA) is 55.3 Å². The predicted octanol–water partition coefficient (Wildman–Crippen LogP) is -0.137. The molecule has 3 nitrogen and oxygen atoms in total. The van der Waals surface area contributed by atoms with Gasteiger partial charge in [-0.05, 0) is 38.1 Å². The maximum atomic E-state index is 5.31. The van der Waals surface area contributed by atoms with Crippen LogP contribution in [0.5, 0.6) is 0 Å². The largest absolute Gasteiger partial charge is 0.405 e. The fourth-order valence-electron chi connectivity index (χ4n) is 0.650. The fourth-order valence-corrected chi connectivity index (χ4v) is 0.650. The van der Waals surface area contributed by atoms with Gasteiger partial charge in [0.1, 0.15) is 0 Å². The van der Waals surface area contributed by atoms with Crippen molar-refractivity contribution in [2.75, 3.05) is 20.6 Å². The zero-order valence-corrected chi connectivity index (χ0v) is 6.54. The Morgan fingerprint density at radius 1 is 1.40 bits per heavy atom. The van der Waals surface area contributed by atoms with Gasteiger partial charge in [-0.2, -0.15) is 0 Å². The number of hydrogen-bond donors (Lipinski definition) is 2. The van der Waals surface area contributed by atoms with Gasteiger partial charge in [-0.3, -0.25) is 0 Å². The van der Waals surface area contributed by atoms with Crippen molar-refractivity contribution in [2.45, 2.75) is 0 Å². The Morgan fingerprint density at radius 2 is 2.00 bits per heavy atom. The summed E-state index contributed by atoms with van der Waals surface area (Å²) in [4.78, 5) is 2.03. The van der Waals surface area contributed by atoms with E-state index >= 15 is 0 Å². The molecule has 0 heterocycles. The molecule has 0 spiro atoms. The van der Waals surface area contributed by atoms with Crippen molar-refractivity contribution in [3.05, 3.63) is 24.0 Å². The number of nitrogens with zero attached hydrogens (tertiary/aromatic N) is 1. The maximum Gasteiger partial charge on any atom is 0.0242 e. The molecule has 0 aliphatic rings. The molecule has 0 unspecified atom stereocenters. The van der Waals surface area contributed by atoms with E-state index in [0.29, 0.717) is 0 Å². The van der Waals surface area contributed by atoms with Crippen molar-refractivity contribution in [3.63, 3.8) is 0 Å². The van der Waals surface area contributed by atoms with E-state index in [1.165, 1.54) is 6.20 Å². The lowest BCUT2D eigenvalue weighted by Crippen LogP contribution is -2.15. The molecule has 58 valence electrons. The van der Waals surface area contributed by atoms with E-state index in [2.05, 4.69) is 0 Å². The first-order valence-electron chi connectivity index (χ1n) is 3.14. The first kappa shape index (κ1) is 9.04. The van der Waals surface area contributed by atoms with Gasteiger partial charge in [0.2, 0.25) is 0 Å². The highest BCUT2D eigenvalue weighted by atomic mass is 15.0. The van der Waals surface area contributed by atoms with Crippen molar-refractivity contribution in [1.29, 1.82) is 0 Å². The summed E-state index contributed by atoms with van der Waals surface area (Å²) >= 11 is 0. The monoisotopic (exact) mass is 141 g/mol. The highest BCUT2D eigenvalue weighted by Crippen LogP contribution is 1.94. The molecule has 0 saturated carbocycles. The molecule has 0 atom stereocenters. The van der Waals surface area contributed by atoms with Gasteiger partial charge >= 0.3 is 0 Å². The van der Waals surface area contributed by atoms with Gasteiger partial charge in [0.15, 0.2) is 0 Å². The lowest BCUT2D eigenvalue weighted by molar-refractivity contribution is 0.448. The summed E-state index contributed by atoms with van der Waals surface area (Å²) in [5, 5.41) is 0. The molecule has 0 aromatic heterocycles. The normalized spacial score (nSPS) is 13.3. The number of hydrogen-bond acceptors (Lipinski definition) is 3.